The molecule has 4 aliphatic rings. The number of benzene rings is 1. The molecule has 1 aromatic carbocycles. The van der Waals surface area contributed by atoms with Gasteiger partial charge in [-0.25, -0.2) is 18.0 Å². The van der Waals surface area contributed by atoms with Crippen LogP contribution in [0, 0.1) is 17.3 Å². The molecule has 0 spiro atoms. The first kappa shape index (κ1) is 68.0. The number of quaternary nitrogens is 1. The van der Waals surface area contributed by atoms with Gasteiger partial charge in [0, 0.05) is 56.5 Å². The third-order valence-electron chi connectivity index (χ3n) is 13.4. The van der Waals surface area contributed by atoms with E-state index in [2.05, 4.69) is 36.7 Å². The lowest BCUT2D eigenvalue weighted by molar-refractivity contribution is -0.830. The minimum atomic E-state index is -5.03. The summed E-state index contributed by atoms with van der Waals surface area (Å²) in [6.07, 6.45) is -1.82. The van der Waals surface area contributed by atoms with Crippen LogP contribution in [0.15, 0.2) is 18.2 Å². The van der Waals surface area contributed by atoms with Gasteiger partial charge in [-0.1, -0.05) is 90.9 Å². The summed E-state index contributed by atoms with van der Waals surface area (Å²) in [5, 5.41) is 9.33. The van der Waals surface area contributed by atoms with E-state index in [1.807, 2.05) is 27.7 Å². The molecule has 5 rings (SSSR count). The fourth-order valence-electron chi connectivity index (χ4n) is 8.71. The number of alkyl halides is 6. The normalized spacial score (nSPS) is 19.1. The number of unbranched alkanes of at least 4 members (excludes halogenated alkanes) is 1. The number of nitrogens with one attached hydrogen (secondary N) is 3. The van der Waals surface area contributed by atoms with Gasteiger partial charge in [0.1, 0.15) is 30.6 Å². The van der Waals surface area contributed by atoms with Crippen molar-refractivity contribution in [3.05, 3.63) is 33.8 Å². The Morgan fingerprint density at radius 3 is 1.97 bits per heavy atom. The van der Waals surface area contributed by atoms with Crippen molar-refractivity contribution in [1.82, 2.24) is 30.7 Å². The van der Waals surface area contributed by atoms with E-state index in [9.17, 15) is 59.9 Å². The van der Waals surface area contributed by atoms with E-state index in [1.165, 1.54) is 4.90 Å². The Labute approximate surface area is 445 Å². The largest absolute Gasteiger partial charge is 0.403 e. The zero-order valence-electron chi connectivity index (χ0n) is 45.5. The summed E-state index contributed by atoms with van der Waals surface area (Å²) in [6.45, 7) is 14.4. The van der Waals surface area contributed by atoms with Crippen molar-refractivity contribution in [2.24, 2.45) is 17.3 Å². The molecule has 3 unspecified atom stereocenters. The number of hydrogen-bond acceptors (Lipinski definition) is 8. The van der Waals surface area contributed by atoms with Crippen molar-refractivity contribution in [3.8, 4) is 0 Å². The highest BCUT2D eigenvalue weighted by Crippen LogP contribution is 2.61. The van der Waals surface area contributed by atoms with Gasteiger partial charge in [-0.15, -0.1) is 0 Å². The lowest BCUT2D eigenvalue weighted by atomic mass is 9.64. The molecule has 1 heterocycles. The maximum Gasteiger partial charge on any atom is 0.403 e. The summed E-state index contributed by atoms with van der Waals surface area (Å²) in [6, 6.07) is 2.79. The second-order valence-electron chi connectivity index (χ2n) is 20.4. The number of likely N-dealkylation sites (tertiary alicyclic amines) is 1. The molecule has 1 saturated heterocycles. The maximum atomic E-state index is 13.9. The van der Waals surface area contributed by atoms with Crippen molar-refractivity contribution in [3.63, 3.8) is 0 Å². The Hall–Kier alpha value is -4.01. The SMILES string of the molecule is CC.CC.CC(C)C.CNCC(=O)[N+](C)(C)[C@@H](Cc1cc(Cl)ccc1Cl)C(=O)NC1(C(=O)N(C)CCCCC(C=O)N(C)C(=O)C(CC2CCC2)NC=O)CC1.O=C(N1CCC(F)C1)C1(C(F)(F)F)CC(F)(F)C1. The molecule has 0 radical (unpaired) electrons. The first-order valence-electron chi connectivity index (χ1n) is 25.8. The zero-order valence-corrected chi connectivity index (χ0v) is 47.1. The van der Waals surface area contributed by atoms with Crippen molar-refractivity contribution in [2.45, 2.75) is 174 Å². The molecule has 4 atom stereocenters. The molecular weight excluding hydrogens is 1020 g/mol. The smallest absolute Gasteiger partial charge is 0.347 e. The lowest BCUT2D eigenvalue weighted by Crippen LogP contribution is -2.64. The molecule has 0 aromatic heterocycles. The summed E-state index contributed by atoms with van der Waals surface area (Å²) >= 11 is 12.7. The third kappa shape index (κ3) is 19.2. The Morgan fingerprint density at radius 2 is 1.53 bits per heavy atom. The van der Waals surface area contributed by atoms with Gasteiger partial charge in [-0.3, -0.25) is 28.5 Å². The summed E-state index contributed by atoms with van der Waals surface area (Å²) in [4.78, 5) is 92.2. The van der Waals surface area contributed by atoms with Crippen molar-refractivity contribution in [1.29, 1.82) is 0 Å². The van der Waals surface area contributed by atoms with E-state index < -0.39 is 78.6 Å². The highest BCUT2D eigenvalue weighted by molar-refractivity contribution is 6.33. The van der Waals surface area contributed by atoms with Crippen LogP contribution in [-0.4, -0.2) is 165 Å². The van der Waals surface area contributed by atoms with E-state index in [0.717, 1.165) is 31.5 Å². The van der Waals surface area contributed by atoms with Crippen LogP contribution in [0.5, 0.6) is 0 Å². The molecule has 3 aliphatic carbocycles. The topological polar surface area (TPSA) is 165 Å². The Morgan fingerprint density at radius 1 is 0.946 bits per heavy atom. The number of rotatable bonds is 21. The molecule has 74 heavy (non-hydrogen) atoms. The monoisotopic (exact) mass is 1100 g/mol. The predicted octanol–water partition coefficient (Wildman–Crippen LogP) is 8.58. The fraction of sp³-hybridized carbons (Fsp3) is 0.750. The van der Waals surface area contributed by atoms with Gasteiger partial charge in [0.05, 0.1) is 26.7 Å². The summed E-state index contributed by atoms with van der Waals surface area (Å²) in [5.74, 6) is -4.79. The van der Waals surface area contributed by atoms with E-state index in [-0.39, 0.29) is 48.1 Å². The molecule has 6 amide bonds. The first-order chi connectivity index (χ1) is 34.5. The Balaban J connectivity index is 0.000000863. The molecule has 424 valence electrons. The standard InChI is InChI=1S/C34H50Cl2N6O6.C10H11F6NO.C4H10.2C2H6/c1-37-20-30(45)42(4,5)29(19-24-18-25(35)12-13-27(24)36)31(46)39-34(14-15-34)33(48)40(2)16-7-6-11-26(21-43)41(3)32(47)28(38-22-44)17-23-9-8-10-23;11-6-1-2-17(3-6)7(18)8(10(14,15)16)4-9(12,13)5-8;1-4(2)3;2*1-2/h12-13,18,21-23,26,28-29,37H,6-11,14-17,19-20H2,1-5H3,(H-,38,39,44,46);6H,1-5H2;4H,1-3H3;2*1-2H3/p+1/t26?,28?,29-;;;;/m0..../s1. The molecule has 14 nitrogen and oxygen atoms in total. The van der Waals surface area contributed by atoms with Crippen LogP contribution in [0.25, 0.3) is 0 Å². The Kier molecular flexibility index (Phi) is 28.2. The second-order valence-corrected chi connectivity index (χ2v) is 21.2. The van der Waals surface area contributed by atoms with E-state index >= 15 is 0 Å². The maximum absolute atomic E-state index is 13.9. The molecular formula is C52H84Cl2F6N7O7+. The first-order valence-corrected chi connectivity index (χ1v) is 26.6. The highest BCUT2D eigenvalue weighted by atomic mass is 35.5. The molecule has 1 aromatic rings. The molecule has 4 fully saturated rings. The van der Waals surface area contributed by atoms with Crippen molar-refractivity contribution < 1.29 is 64.4 Å². The fourth-order valence-corrected chi connectivity index (χ4v) is 9.10. The minimum Gasteiger partial charge on any atom is -0.347 e. The zero-order chi connectivity index (χ0) is 57.0. The van der Waals surface area contributed by atoms with Gasteiger partial charge in [0.2, 0.25) is 24.1 Å². The minimum absolute atomic E-state index is 0.0456. The number of carbonyl (C=O) groups is 7. The van der Waals surface area contributed by atoms with E-state index in [1.54, 1.807) is 58.3 Å². The number of likely N-dealkylation sites (N-methyl/N-ethyl adjacent to an activating group) is 4. The van der Waals surface area contributed by atoms with Crippen LogP contribution >= 0.6 is 23.2 Å². The van der Waals surface area contributed by atoms with Gasteiger partial charge in [-0.2, -0.15) is 13.2 Å². The lowest BCUT2D eigenvalue weighted by Gasteiger charge is -2.47. The Bertz CT molecular complexity index is 1980. The van der Waals surface area contributed by atoms with Gasteiger partial charge in [0.25, 0.3) is 11.8 Å². The van der Waals surface area contributed by atoms with E-state index in [0.29, 0.717) is 77.9 Å². The third-order valence-corrected chi connectivity index (χ3v) is 14.0. The van der Waals surface area contributed by atoms with Crippen LogP contribution in [0.4, 0.5) is 26.3 Å². The number of halogens is 8. The molecule has 0 bridgehead atoms. The summed E-state index contributed by atoms with van der Waals surface area (Å²) in [5.41, 5.74) is -3.47. The van der Waals surface area contributed by atoms with E-state index in [4.69, 9.17) is 23.2 Å². The van der Waals surface area contributed by atoms with Crippen LogP contribution in [-0.2, 0) is 40.0 Å². The van der Waals surface area contributed by atoms with Crippen molar-refractivity contribution >= 4 is 65.4 Å². The summed E-state index contributed by atoms with van der Waals surface area (Å²) < 4.78 is 76.6. The number of amides is 6. The molecule has 3 N–H and O–H groups in total. The van der Waals surface area contributed by atoms with Gasteiger partial charge in [0.15, 0.2) is 11.5 Å². The molecule has 1 aliphatic heterocycles. The van der Waals surface area contributed by atoms with Crippen LogP contribution in [0.3, 0.4) is 0 Å². The number of nitrogens with zero attached hydrogens (tertiary/aromatic N) is 4. The predicted molar refractivity (Wildman–Crippen MR) is 276 cm³/mol. The van der Waals surface area contributed by atoms with Gasteiger partial charge >= 0.3 is 12.1 Å². The molecule has 3 saturated carbocycles. The average molecular weight is 1100 g/mol. The van der Waals surface area contributed by atoms with Crippen molar-refractivity contribution in [2.75, 3.05) is 61.4 Å². The van der Waals surface area contributed by atoms with Crippen LogP contribution in [0.1, 0.15) is 131 Å². The number of hydrogen-bond donors (Lipinski definition) is 3. The average Bonchev–Trinajstić information content (AvgIpc) is 3.97. The van der Waals surface area contributed by atoms with Crippen LogP contribution < -0.4 is 16.0 Å². The quantitative estimate of drug-likeness (QED) is 0.0477. The van der Waals surface area contributed by atoms with Gasteiger partial charge in [-0.05, 0) is 87.6 Å². The number of aldehydes is 1. The summed E-state index contributed by atoms with van der Waals surface area (Å²) in [7, 11) is 8.25. The van der Waals surface area contributed by atoms with Gasteiger partial charge < -0.3 is 35.4 Å². The molecule has 22 heteroatoms. The second kappa shape index (κ2) is 30.7. The highest BCUT2D eigenvalue weighted by Gasteiger charge is 2.74. The number of carbonyl (C=O) groups excluding carboxylic acids is 7. The van der Waals surface area contributed by atoms with Crippen LogP contribution in [0.2, 0.25) is 10.0 Å².